The second-order valence-electron chi connectivity index (χ2n) is 7.74. The summed E-state index contributed by atoms with van der Waals surface area (Å²) in [4.78, 5) is 24.3. The summed E-state index contributed by atoms with van der Waals surface area (Å²) < 4.78 is 5.06. The minimum atomic E-state index is -2.24. The minimum Gasteiger partial charge on any atom is -0.462 e. The highest BCUT2D eigenvalue weighted by molar-refractivity contribution is 5.88. The van der Waals surface area contributed by atoms with E-state index in [1.165, 1.54) is 12.8 Å². The fourth-order valence-electron chi connectivity index (χ4n) is 3.11. The molecule has 3 N–H and O–H groups in total. The van der Waals surface area contributed by atoms with Crippen LogP contribution in [0.25, 0.3) is 0 Å². The molecule has 6 nitrogen and oxygen atoms in total. The molecule has 0 amide bonds. The van der Waals surface area contributed by atoms with Gasteiger partial charge in [-0.2, -0.15) is 0 Å². The van der Waals surface area contributed by atoms with E-state index in [9.17, 15) is 24.9 Å². The first-order valence-corrected chi connectivity index (χ1v) is 11.1. The van der Waals surface area contributed by atoms with E-state index in [4.69, 9.17) is 4.74 Å². The van der Waals surface area contributed by atoms with Gasteiger partial charge in [-0.05, 0) is 12.8 Å². The molecule has 0 aliphatic heterocycles. The van der Waals surface area contributed by atoms with E-state index in [0.29, 0.717) is 12.8 Å². The van der Waals surface area contributed by atoms with Gasteiger partial charge < -0.3 is 20.1 Å². The number of hydrogen-bond donors (Lipinski definition) is 3. The van der Waals surface area contributed by atoms with Gasteiger partial charge in [0.25, 0.3) is 0 Å². The standard InChI is InChI=1S/C22H42O6/c1-3-5-7-9-11-13-15-19(24)22(27,20(25)17-23)18-28-21(26)16-14-12-10-8-6-4-2/h20,23,25,27H,3-18H2,1-2H3/t20-,22-/m0/s1. The van der Waals surface area contributed by atoms with Crippen molar-refractivity contribution < 1.29 is 29.6 Å². The highest BCUT2D eigenvalue weighted by Gasteiger charge is 2.43. The van der Waals surface area contributed by atoms with E-state index in [2.05, 4.69) is 13.8 Å². The maximum Gasteiger partial charge on any atom is 0.305 e. The number of Topliss-reactive ketones (excluding diaryl/α,β-unsaturated/α-hetero) is 1. The number of rotatable bonds is 19. The van der Waals surface area contributed by atoms with Crippen molar-refractivity contribution >= 4 is 11.8 Å². The Morgan fingerprint density at radius 1 is 0.821 bits per heavy atom. The molecule has 0 rings (SSSR count). The van der Waals surface area contributed by atoms with Crippen LogP contribution in [0.3, 0.4) is 0 Å². The molecule has 0 aliphatic rings. The van der Waals surface area contributed by atoms with Crippen LogP contribution in [0.15, 0.2) is 0 Å². The average Bonchev–Trinajstić information content (AvgIpc) is 2.70. The number of carbonyl (C=O) groups excluding carboxylic acids is 2. The Labute approximate surface area is 170 Å². The maximum absolute atomic E-state index is 12.4. The Hall–Kier alpha value is -0.980. The monoisotopic (exact) mass is 402 g/mol. The first-order valence-electron chi connectivity index (χ1n) is 11.1. The lowest BCUT2D eigenvalue weighted by molar-refractivity contribution is -0.174. The Morgan fingerprint density at radius 3 is 1.79 bits per heavy atom. The van der Waals surface area contributed by atoms with Crippen LogP contribution < -0.4 is 0 Å². The molecule has 28 heavy (non-hydrogen) atoms. The van der Waals surface area contributed by atoms with Crippen molar-refractivity contribution in [2.45, 2.75) is 115 Å². The third kappa shape index (κ3) is 11.8. The number of ketones is 1. The Kier molecular flexibility index (Phi) is 16.3. The van der Waals surface area contributed by atoms with E-state index in [-0.39, 0.29) is 12.8 Å². The zero-order valence-electron chi connectivity index (χ0n) is 18.0. The summed E-state index contributed by atoms with van der Waals surface area (Å²) in [6, 6.07) is 0. The average molecular weight is 403 g/mol. The van der Waals surface area contributed by atoms with Crippen molar-refractivity contribution in [1.29, 1.82) is 0 Å². The largest absolute Gasteiger partial charge is 0.462 e. The summed E-state index contributed by atoms with van der Waals surface area (Å²) in [6.07, 6.45) is 10.8. The lowest BCUT2D eigenvalue weighted by Gasteiger charge is -2.30. The van der Waals surface area contributed by atoms with Crippen LogP contribution in [0.4, 0.5) is 0 Å². The lowest BCUT2D eigenvalue weighted by atomic mass is 9.89. The molecule has 0 radical (unpaired) electrons. The maximum atomic E-state index is 12.4. The second kappa shape index (κ2) is 16.9. The topological polar surface area (TPSA) is 104 Å². The van der Waals surface area contributed by atoms with Crippen molar-refractivity contribution in [3.63, 3.8) is 0 Å². The van der Waals surface area contributed by atoms with Crippen LogP contribution >= 0.6 is 0 Å². The van der Waals surface area contributed by atoms with Crippen molar-refractivity contribution in [2.75, 3.05) is 13.2 Å². The van der Waals surface area contributed by atoms with Crippen LogP contribution in [-0.2, 0) is 14.3 Å². The first-order chi connectivity index (χ1) is 13.4. The molecule has 0 aliphatic carbocycles. The number of esters is 1. The molecule has 2 atom stereocenters. The SMILES string of the molecule is CCCCCCCCC(=O)OC[C@](O)(C(=O)CCCCCCCC)[C@@H](O)CO. The van der Waals surface area contributed by atoms with Gasteiger partial charge in [0, 0.05) is 12.8 Å². The van der Waals surface area contributed by atoms with Crippen LogP contribution in [0.2, 0.25) is 0 Å². The highest BCUT2D eigenvalue weighted by atomic mass is 16.5. The Morgan fingerprint density at radius 2 is 1.29 bits per heavy atom. The zero-order valence-corrected chi connectivity index (χ0v) is 18.0. The van der Waals surface area contributed by atoms with Crippen LogP contribution in [-0.4, -0.2) is 52.0 Å². The molecule has 0 aromatic rings. The van der Waals surface area contributed by atoms with E-state index < -0.39 is 36.7 Å². The number of carbonyl (C=O) groups is 2. The van der Waals surface area contributed by atoms with Gasteiger partial charge in [-0.15, -0.1) is 0 Å². The predicted molar refractivity (Wildman–Crippen MR) is 110 cm³/mol. The number of aliphatic hydroxyl groups is 3. The Bertz CT molecular complexity index is 412. The van der Waals surface area contributed by atoms with Crippen LogP contribution in [0, 0.1) is 0 Å². The zero-order chi connectivity index (χ0) is 21.3. The van der Waals surface area contributed by atoms with Crippen LogP contribution in [0.5, 0.6) is 0 Å². The molecule has 0 saturated heterocycles. The molecule has 0 bridgehead atoms. The summed E-state index contributed by atoms with van der Waals surface area (Å²) in [5.74, 6) is -1.08. The molecular formula is C22H42O6. The molecular weight excluding hydrogens is 360 g/mol. The van der Waals surface area contributed by atoms with Crippen molar-refractivity contribution in [3.8, 4) is 0 Å². The smallest absolute Gasteiger partial charge is 0.305 e. The third-order valence-electron chi connectivity index (χ3n) is 5.15. The van der Waals surface area contributed by atoms with Crippen molar-refractivity contribution in [2.24, 2.45) is 0 Å². The number of hydrogen-bond acceptors (Lipinski definition) is 6. The van der Waals surface area contributed by atoms with E-state index >= 15 is 0 Å². The lowest BCUT2D eigenvalue weighted by Crippen LogP contribution is -2.55. The minimum absolute atomic E-state index is 0.0919. The summed E-state index contributed by atoms with van der Waals surface area (Å²) in [5.41, 5.74) is -2.24. The highest BCUT2D eigenvalue weighted by Crippen LogP contribution is 2.19. The quantitative estimate of drug-likeness (QED) is 0.225. The number of unbranched alkanes of at least 4 members (excludes halogenated alkanes) is 10. The molecule has 166 valence electrons. The Balaban J connectivity index is 4.31. The number of ether oxygens (including phenoxy) is 1. The van der Waals surface area contributed by atoms with E-state index in [1.54, 1.807) is 0 Å². The van der Waals surface area contributed by atoms with E-state index in [1.807, 2.05) is 0 Å². The molecule has 0 aromatic carbocycles. The first kappa shape index (κ1) is 27.0. The summed E-state index contributed by atoms with van der Waals surface area (Å²) >= 11 is 0. The second-order valence-corrected chi connectivity index (χ2v) is 7.74. The van der Waals surface area contributed by atoms with Gasteiger partial charge in [0.1, 0.15) is 12.7 Å². The fourth-order valence-corrected chi connectivity index (χ4v) is 3.11. The van der Waals surface area contributed by atoms with Gasteiger partial charge >= 0.3 is 5.97 Å². The van der Waals surface area contributed by atoms with Crippen molar-refractivity contribution in [3.05, 3.63) is 0 Å². The molecule has 0 aromatic heterocycles. The molecule has 0 heterocycles. The molecule has 0 spiro atoms. The van der Waals surface area contributed by atoms with Gasteiger partial charge in [0.2, 0.25) is 0 Å². The van der Waals surface area contributed by atoms with Gasteiger partial charge in [-0.3, -0.25) is 9.59 Å². The normalized spacial score (nSPS) is 14.5. The molecule has 0 fully saturated rings. The van der Waals surface area contributed by atoms with Gasteiger partial charge in [-0.25, -0.2) is 0 Å². The van der Waals surface area contributed by atoms with Gasteiger partial charge in [-0.1, -0.05) is 78.1 Å². The molecule has 0 saturated carbocycles. The number of aliphatic hydroxyl groups excluding tert-OH is 2. The van der Waals surface area contributed by atoms with Gasteiger partial charge in [0.15, 0.2) is 11.4 Å². The third-order valence-corrected chi connectivity index (χ3v) is 5.15. The van der Waals surface area contributed by atoms with Crippen molar-refractivity contribution in [1.82, 2.24) is 0 Å². The van der Waals surface area contributed by atoms with Crippen LogP contribution in [0.1, 0.15) is 104 Å². The summed E-state index contributed by atoms with van der Waals surface area (Å²) in [7, 11) is 0. The molecule has 6 heteroatoms. The molecule has 0 unspecified atom stereocenters. The summed E-state index contributed by atoms with van der Waals surface area (Å²) in [6.45, 7) is 2.90. The predicted octanol–water partition coefficient (Wildman–Crippen LogP) is 3.68. The fraction of sp³-hybridized carbons (Fsp3) is 0.909. The summed E-state index contributed by atoms with van der Waals surface area (Å²) in [5, 5.41) is 29.7. The van der Waals surface area contributed by atoms with Gasteiger partial charge in [0.05, 0.1) is 6.61 Å². The van der Waals surface area contributed by atoms with E-state index in [0.717, 1.165) is 51.4 Å².